The Hall–Kier alpha value is -0.830. The summed E-state index contributed by atoms with van der Waals surface area (Å²) in [6.45, 7) is 9.49. The van der Waals surface area contributed by atoms with Crippen LogP contribution in [0, 0.1) is 0 Å². The van der Waals surface area contributed by atoms with E-state index in [0.717, 1.165) is 6.42 Å². The molecule has 2 nitrogen and oxygen atoms in total. The molecular weight excluding hydrogens is 232 g/mol. The lowest BCUT2D eigenvalue weighted by Crippen LogP contribution is -2.10. The van der Waals surface area contributed by atoms with Crippen LogP contribution in [0.15, 0.2) is 30.3 Å². The fourth-order valence-electron chi connectivity index (χ4n) is 0.714. The van der Waals surface area contributed by atoms with E-state index >= 15 is 0 Å². The molecule has 0 saturated heterocycles. The van der Waals surface area contributed by atoms with Crippen LogP contribution in [-0.2, 0) is 16.3 Å². The second-order valence-electron chi connectivity index (χ2n) is 3.72. The van der Waals surface area contributed by atoms with Crippen LogP contribution in [-0.4, -0.2) is 19.9 Å². The molecule has 1 aromatic rings. The predicted octanol–water partition coefficient (Wildman–Crippen LogP) is 3.71. The van der Waals surface area contributed by atoms with Gasteiger partial charge in [-0.3, -0.25) is 0 Å². The van der Waals surface area contributed by atoms with Crippen molar-refractivity contribution in [3.63, 3.8) is 0 Å². The van der Waals surface area contributed by atoms with Crippen molar-refractivity contribution in [3.05, 3.63) is 35.9 Å². The minimum absolute atomic E-state index is 0.229. The molecule has 0 N–H and O–H groups in total. The SMILES string of the molecule is CC.CC(C)S(C)(=O)=O.CCc1ccccc1. The smallest absolute Gasteiger partial charge is 0.149 e. The van der Waals surface area contributed by atoms with E-state index < -0.39 is 9.84 Å². The highest BCUT2D eigenvalue weighted by Gasteiger charge is 2.05. The molecule has 17 heavy (non-hydrogen) atoms. The van der Waals surface area contributed by atoms with E-state index in [2.05, 4.69) is 31.2 Å². The van der Waals surface area contributed by atoms with Crippen LogP contribution < -0.4 is 0 Å². The van der Waals surface area contributed by atoms with E-state index in [0.29, 0.717) is 0 Å². The van der Waals surface area contributed by atoms with E-state index in [1.807, 2.05) is 19.9 Å². The monoisotopic (exact) mass is 258 g/mol. The number of hydrogen-bond acceptors (Lipinski definition) is 2. The minimum Gasteiger partial charge on any atom is -0.229 e. The Bertz CT molecular complexity index is 353. The summed E-state index contributed by atoms with van der Waals surface area (Å²) < 4.78 is 20.7. The lowest BCUT2D eigenvalue weighted by atomic mass is 10.2. The maximum Gasteiger partial charge on any atom is 0.149 e. The molecule has 0 saturated carbocycles. The first-order chi connectivity index (χ1) is 7.88. The molecule has 0 atom stereocenters. The summed E-state index contributed by atoms with van der Waals surface area (Å²) in [7, 11) is -2.74. The summed E-state index contributed by atoms with van der Waals surface area (Å²) in [6.07, 6.45) is 2.37. The van der Waals surface area contributed by atoms with Gasteiger partial charge in [-0.2, -0.15) is 0 Å². The molecule has 0 aliphatic carbocycles. The van der Waals surface area contributed by atoms with E-state index in [1.54, 1.807) is 13.8 Å². The van der Waals surface area contributed by atoms with Gasteiger partial charge in [-0.1, -0.05) is 51.1 Å². The highest BCUT2D eigenvalue weighted by Crippen LogP contribution is 1.96. The molecule has 0 fully saturated rings. The maximum atomic E-state index is 10.3. The lowest BCUT2D eigenvalue weighted by Gasteiger charge is -1.96. The first-order valence-electron chi connectivity index (χ1n) is 6.10. The molecule has 1 aromatic carbocycles. The van der Waals surface area contributed by atoms with Crippen molar-refractivity contribution < 1.29 is 8.42 Å². The van der Waals surface area contributed by atoms with Crippen molar-refractivity contribution in [2.75, 3.05) is 6.26 Å². The summed E-state index contributed by atoms with van der Waals surface area (Å²) in [5, 5.41) is -0.229. The fraction of sp³-hybridized carbons (Fsp3) is 0.571. The van der Waals surface area contributed by atoms with Crippen LogP contribution in [0.4, 0.5) is 0 Å². The zero-order chi connectivity index (χ0) is 13.9. The molecule has 0 aliphatic rings. The van der Waals surface area contributed by atoms with Gasteiger partial charge in [-0.25, -0.2) is 8.42 Å². The van der Waals surface area contributed by atoms with Gasteiger partial charge < -0.3 is 0 Å². The number of aryl methyl sites for hydroxylation is 1. The van der Waals surface area contributed by atoms with Crippen LogP contribution in [0.2, 0.25) is 0 Å². The average Bonchev–Trinajstić information content (AvgIpc) is 2.32. The lowest BCUT2D eigenvalue weighted by molar-refractivity contribution is 0.593. The highest BCUT2D eigenvalue weighted by atomic mass is 32.2. The number of sulfone groups is 1. The Labute approximate surface area is 107 Å². The van der Waals surface area contributed by atoms with Crippen molar-refractivity contribution in [2.24, 2.45) is 0 Å². The molecule has 3 heteroatoms. The normalized spacial score (nSPS) is 9.82. The van der Waals surface area contributed by atoms with Gasteiger partial charge in [0.25, 0.3) is 0 Å². The van der Waals surface area contributed by atoms with Gasteiger partial charge in [-0.05, 0) is 25.8 Å². The second kappa shape index (κ2) is 10.3. The first kappa shape index (κ1) is 18.5. The van der Waals surface area contributed by atoms with E-state index in [9.17, 15) is 8.42 Å². The highest BCUT2D eigenvalue weighted by molar-refractivity contribution is 7.91. The number of benzene rings is 1. The summed E-state index contributed by atoms with van der Waals surface area (Å²) in [5.41, 5.74) is 1.41. The second-order valence-corrected chi connectivity index (χ2v) is 6.32. The number of hydrogen-bond donors (Lipinski definition) is 0. The van der Waals surface area contributed by atoms with Crippen LogP contribution in [0.25, 0.3) is 0 Å². The summed E-state index contributed by atoms with van der Waals surface area (Å²) in [5.74, 6) is 0. The maximum absolute atomic E-state index is 10.3. The van der Waals surface area contributed by atoms with Crippen LogP contribution >= 0.6 is 0 Å². The number of rotatable bonds is 2. The van der Waals surface area contributed by atoms with Gasteiger partial charge in [0, 0.05) is 6.26 Å². The molecule has 0 radical (unpaired) electrons. The molecule has 0 spiro atoms. The molecule has 0 heterocycles. The largest absolute Gasteiger partial charge is 0.229 e. The van der Waals surface area contributed by atoms with Gasteiger partial charge in [-0.15, -0.1) is 0 Å². The third-order valence-corrected chi connectivity index (χ3v) is 3.82. The Morgan fingerprint density at radius 1 is 1.06 bits per heavy atom. The van der Waals surface area contributed by atoms with E-state index in [-0.39, 0.29) is 5.25 Å². The van der Waals surface area contributed by atoms with Gasteiger partial charge in [0.1, 0.15) is 9.84 Å². The quantitative estimate of drug-likeness (QED) is 0.810. The molecule has 0 aromatic heterocycles. The van der Waals surface area contributed by atoms with Crippen LogP contribution in [0.5, 0.6) is 0 Å². The Morgan fingerprint density at radius 3 is 1.59 bits per heavy atom. The van der Waals surface area contributed by atoms with Gasteiger partial charge in [0.05, 0.1) is 5.25 Å². The third-order valence-electron chi connectivity index (χ3n) is 2.11. The van der Waals surface area contributed by atoms with E-state index in [1.165, 1.54) is 11.8 Å². The van der Waals surface area contributed by atoms with Crippen molar-refractivity contribution in [1.29, 1.82) is 0 Å². The standard InChI is InChI=1S/C8H10.C4H10O2S.C2H6/c1-2-8-6-4-3-5-7-8;1-4(2)7(3,5)6;1-2/h3-7H,2H2,1H3;4H,1-3H3;1-2H3. The Morgan fingerprint density at radius 2 is 1.41 bits per heavy atom. The minimum atomic E-state index is -2.74. The first-order valence-corrected chi connectivity index (χ1v) is 8.06. The molecular formula is C14H26O2S. The zero-order valence-corrected chi connectivity index (χ0v) is 12.7. The van der Waals surface area contributed by atoms with Gasteiger partial charge >= 0.3 is 0 Å². The van der Waals surface area contributed by atoms with Gasteiger partial charge in [0.2, 0.25) is 0 Å². The molecule has 100 valence electrons. The van der Waals surface area contributed by atoms with Crippen LogP contribution in [0.3, 0.4) is 0 Å². The van der Waals surface area contributed by atoms with Gasteiger partial charge in [0.15, 0.2) is 0 Å². The summed E-state index contributed by atoms with van der Waals surface area (Å²) in [4.78, 5) is 0. The van der Waals surface area contributed by atoms with Crippen molar-refractivity contribution in [3.8, 4) is 0 Å². The Kier molecular flexibility index (Phi) is 11.3. The zero-order valence-electron chi connectivity index (χ0n) is 11.9. The van der Waals surface area contributed by atoms with Crippen molar-refractivity contribution >= 4 is 9.84 Å². The average molecular weight is 258 g/mol. The molecule has 0 aliphatic heterocycles. The van der Waals surface area contributed by atoms with E-state index in [4.69, 9.17) is 0 Å². The molecule has 0 unspecified atom stereocenters. The fourth-order valence-corrected chi connectivity index (χ4v) is 0.714. The van der Waals surface area contributed by atoms with Crippen LogP contribution in [0.1, 0.15) is 40.2 Å². The molecule has 0 bridgehead atoms. The summed E-state index contributed by atoms with van der Waals surface area (Å²) >= 11 is 0. The van der Waals surface area contributed by atoms with Crippen molar-refractivity contribution in [1.82, 2.24) is 0 Å². The molecule has 1 rings (SSSR count). The Balaban J connectivity index is 0. The topological polar surface area (TPSA) is 34.1 Å². The summed E-state index contributed by atoms with van der Waals surface area (Å²) in [6, 6.07) is 10.5. The molecule has 0 amide bonds. The van der Waals surface area contributed by atoms with Crippen molar-refractivity contribution in [2.45, 2.75) is 46.3 Å². The predicted molar refractivity (Wildman–Crippen MR) is 77.1 cm³/mol. The third kappa shape index (κ3) is 11.4.